The molecule has 4 nitrogen and oxygen atoms in total. The van der Waals surface area contributed by atoms with Gasteiger partial charge in [-0.1, -0.05) is 15.9 Å². The van der Waals surface area contributed by atoms with E-state index < -0.39 is 0 Å². The first kappa shape index (κ1) is 14.6. The van der Waals surface area contributed by atoms with Crippen LogP contribution in [0.4, 0.5) is 0 Å². The highest BCUT2D eigenvalue weighted by Gasteiger charge is 2.10. The molecule has 1 amide bonds. The van der Waals surface area contributed by atoms with Crippen LogP contribution in [0.2, 0.25) is 0 Å². The van der Waals surface area contributed by atoms with Crippen LogP contribution in [0.15, 0.2) is 0 Å². The number of hydrogen-bond acceptors (Lipinski definition) is 3. The first-order valence-electron chi connectivity index (χ1n) is 5.12. The van der Waals surface area contributed by atoms with Gasteiger partial charge in [-0.15, -0.1) is 0 Å². The van der Waals surface area contributed by atoms with Crippen molar-refractivity contribution < 1.29 is 9.59 Å². The fourth-order valence-corrected chi connectivity index (χ4v) is 1.50. The molecule has 0 spiro atoms. The molecule has 88 valence electrons. The first-order valence-corrected chi connectivity index (χ1v) is 6.24. The Morgan fingerprint density at radius 2 is 2.00 bits per heavy atom. The minimum Gasteiger partial charge on any atom is -0.355 e. The molecule has 0 fully saturated rings. The van der Waals surface area contributed by atoms with E-state index in [-0.39, 0.29) is 17.7 Å². The van der Waals surface area contributed by atoms with E-state index in [1.54, 1.807) is 14.0 Å². The van der Waals surface area contributed by atoms with E-state index >= 15 is 0 Å². The number of carbonyl (C=O) groups is 2. The number of amides is 1. The number of hydrogen-bond donors (Lipinski definition) is 2. The molecular formula is C10H19BrN2O2. The summed E-state index contributed by atoms with van der Waals surface area (Å²) in [7, 11) is 1.79. The van der Waals surface area contributed by atoms with Crippen molar-refractivity contribution in [1.82, 2.24) is 10.6 Å². The summed E-state index contributed by atoms with van der Waals surface area (Å²) in [5.41, 5.74) is 0. The van der Waals surface area contributed by atoms with Gasteiger partial charge in [0, 0.05) is 6.54 Å². The van der Waals surface area contributed by atoms with Gasteiger partial charge in [-0.2, -0.15) is 0 Å². The maximum Gasteiger partial charge on any atom is 0.230 e. The minimum absolute atomic E-state index is 0.00624. The van der Waals surface area contributed by atoms with E-state index in [0.29, 0.717) is 11.9 Å². The zero-order valence-corrected chi connectivity index (χ0v) is 10.9. The van der Waals surface area contributed by atoms with Gasteiger partial charge in [0.2, 0.25) is 5.91 Å². The Kier molecular flexibility index (Phi) is 8.61. The second kappa shape index (κ2) is 8.85. The van der Waals surface area contributed by atoms with Gasteiger partial charge in [-0.05, 0) is 33.2 Å². The molecule has 5 heteroatoms. The van der Waals surface area contributed by atoms with Gasteiger partial charge in [-0.3, -0.25) is 9.59 Å². The van der Waals surface area contributed by atoms with Crippen molar-refractivity contribution in [3.63, 3.8) is 0 Å². The van der Waals surface area contributed by atoms with Crippen molar-refractivity contribution in [2.24, 2.45) is 0 Å². The van der Waals surface area contributed by atoms with E-state index in [1.165, 1.54) is 0 Å². The van der Waals surface area contributed by atoms with E-state index in [1.807, 2.05) is 0 Å². The molecule has 0 aliphatic carbocycles. The molecule has 1 atom stereocenters. The van der Waals surface area contributed by atoms with Gasteiger partial charge >= 0.3 is 0 Å². The van der Waals surface area contributed by atoms with E-state index in [4.69, 9.17) is 0 Å². The Bertz CT molecular complexity index is 210. The third-order valence-corrected chi connectivity index (χ3v) is 2.71. The van der Waals surface area contributed by atoms with Crippen LogP contribution in [0, 0.1) is 0 Å². The number of nitrogens with one attached hydrogen (secondary N) is 2. The van der Waals surface area contributed by atoms with Crippen LogP contribution in [0.5, 0.6) is 0 Å². The van der Waals surface area contributed by atoms with Crippen molar-refractivity contribution >= 4 is 27.6 Å². The number of unbranched alkanes of at least 4 members (excludes halogenated alkanes) is 1. The molecule has 0 radical (unpaired) electrons. The molecule has 0 aromatic heterocycles. The van der Waals surface area contributed by atoms with Crippen molar-refractivity contribution in [3.8, 4) is 0 Å². The molecule has 0 saturated carbocycles. The fourth-order valence-electron chi connectivity index (χ4n) is 1.30. The number of alkyl halides is 1. The summed E-state index contributed by atoms with van der Waals surface area (Å²) in [6, 6.07) is -0.0446. The number of rotatable bonds is 8. The third kappa shape index (κ3) is 7.50. The van der Waals surface area contributed by atoms with Crippen molar-refractivity contribution in [3.05, 3.63) is 0 Å². The van der Waals surface area contributed by atoms with Gasteiger partial charge < -0.3 is 10.6 Å². The molecule has 0 heterocycles. The number of ketones is 1. The summed E-state index contributed by atoms with van der Waals surface area (Å²) in [6.07, 6.45) is 2.67. The van der Waals surface area contributed by atoms with Crippen LogP contribution in [-0.2, 0) is 9.59 Å². The zero-order valence-electron chi connectivity index (χ0n) is 9.31. The normalized spacial score (nSPS) is 12.2. The van der Waals surface area contributed by atoms with Gasteiger partial charge in [0.15, 0.2) is 0 Å². The number of halogens is 1. The minimum atomic E-state index is -0.0446. The van der Waals surface area contributed by atoms with Crippen molar-refractivity contribution in [1.29, 1.82) is 0 Å². The summed E-state index contributed by atoms with van der Waals surface area (Å²) in [4.78, 5) is 21.9. The Labute approximate surface area is 99.3 Å². The molecule has 0 aliphatic heterocycles. The lowest BCUT2D eigenvalue weighted by Gasteiger charge is -2.12. The van der Waals surface area contributed by atoms with Crippen LogP contribution in [0.25, 0.3) is 0 Å². The predicted molar refractivity (Wildman–Crippen MR) is 64.2 cm³/mol. The summed E-state index contributed by atoms with van der Waals surface area (Å²) in [5, 5.41) is 6.08. The van der Waals surface area contributed by atoms with Crippen LogP contribution >= 0.6 is 15.9 Å². The second-order valence-corrected chi connectivity index (χ2v) is 3.99. The van der Waals surface area contributed by atoms with E-state index in [9.17, 15) is 9.59 Å². The summed E-state index contributed by atoms with van der Waals surface area (Å²) in [6.45, 7) is 2.27. The maximum absolute atomic E-state index is 11.1. The molecule has 0 aromatic rings. The first-order chi connectivity index (χ1) is 7.11. The maximum atomic E-state index is 11.1. The van der Waals surface area contributed by atoms with Gasteiger partial charge in [-0.25, -0.2) is 0 Å². The number of likely N-dealkylation sites (N-methyl/N-ethyl adjacent to an activating group) is 1. The summed E-state index contributed by atoms with van der Waals surface area (Å²) in [5.74, 6) is 0.175. The molecule has 1 unspecified atom stereocenters. The molecule has 15 heavy (non-hydrogen) atoms. The molecule has 0 aliphatic rings. The Morgan fingerprint density at radius 3 is 2.47 bits per heavy atom. The van der Waals surface area contributed by atoms with Gasteiger partial charge in [0.1, 0.15) is 5.78 Å². The highest BCUT2D eigenvalue weighted by atomic mass is 79.9. The molecule has 0 bridgehead atoms. The monoisotopic (exact) mass is 278 g/mol. The highest BCUT2D eigenvalue weighted by Crippen LogP contribution is 2.01. The average molecular weight is 279 g/mol. The zero-order chi connectivity index (χ0) is 11.7. The standard InChI is InChI=1S/C10H19BrN2O2/c1-8(14)9(12-2)5-3-4-6-13-10(15)7-11/h9,12H,3-7H2,1-2H3,(H,13,15). The molecule has 0 rings (SSSR count). The number of Topliss-reactive ketones (excluding diaryl/α,β-unsaturated/α-hetero) is 1. The van der Waals surface area contributed by atoms with Crippen LogP contribution in [0.3, 0.4) is 0 Å². The fraction of sp³-hybridized carbons (Fsp3) is 0.800. The number of carbonyl (C=O) groups excluding carboxylic acids is 2. The molecule has 0 saturated heterocycles. The lowest BCUT2D eigenvalue weighted by Crippen LogP contribution is -2.32. The average Bonchev–Trinajstić information content (AvgIpc) is 2.22. The molecule has 2 N–H and O–H groups in total. The van der Waals surface area contributed by atoms with Gasteiger partial charge in [0.05, 0.1) is 11.4 Å². The van der Waals surface area contributed by atoms with E-state index in [0.717, 1.165) is 19.3 Å². The van der Waals surface area contributed by atoms with Crippen molar-refractivity contribution in [2.45, 2.75) is 32.2 Å². The Balaban J connectivity index is 3.45. The quantitative estimate of drug-likeness (QED) is 0.511. The summed E-state index contributed by atoms with van der Waals surface area (Å²) >= 11 is 3.07. The van der Waals surface area contributed by atoms with E-state index in [2.05, 4.69) is 26.6 Å². The largest absolute Gasteiger partial charge is 0.355 e. The Hall–Kier alpha value is -0.420. The Morgan fingerprint density at radius 1 is 1.33 bits per heavy atom. The lowest BCUT2D eigenvalue weighted by molar-refractivity contribution is -0.119. The highest BCUT2D eigenvalue weighted by molar-refractivity contribution is 9.09. The van der Waals surface area contributed by atoms with Crippen LogP contribution in [0.1, 0.15) is 26.2 Å². The second-order valence-electron chi connectivity index (χ2n) is 3.43. The summed E-state index contributed by atoms with van der Waals surface area (Å²) < 4.78 is 0. The lowest BCUT2D eigenvalue weighted by atomic mass is 10.1. The topological polar surface area (TPSA) is 58.2 Å². The molecule has 0 aromatic carbocycles. The SMILES string of the molecule is CNC(CCCCNC(=O)CBr)C(C)=O. The van der Waals surface area contributed by atoms with Gasteiger partial charge in [0.25, 0.3) is 0 Å². The van der Waals surface area contributed by atoms with Crippen LogP contribution in [-0.4, -0.2) is 36.7 Å². The third-order valence-electron chi connectivity index (χ3n) is 2.20. The molecular weight excluding hydrogens is 260 g/mol. The predicted octanol–water partition coefficient (Wildman–Crippen LogP) is 0.845. The smallest absolute Gasteiger partial charge is 0.230 e. The van der Waals surface area contributed by atoms with Crippen LogP contribution < -0.4 is 10.6 Å². The van der Waals surface area contributed by atoms with Crippen molar-refractivity contribution in [2.75, 3.05) is 18.9 Å².